The fourth-order valence-corrected chi connectivity index (χ4v) is 9.63. The first kappa shape index (κ1) is 33.7. The van der Waals surface area contributed by atoms with Gasteiger partial charge in [-0.2, -0.15) is 0 Å². The molecule has 0 aliphatic heterocycles. The molecule has 0 amide bonds. The van der Waals surface area contributed by atoms with Crippen LogP contribution in [0.1, 0.15) is 0 Å². The molecular weight excluding hydrogens is 745 g/mol. The van der Waals surface area contributed by atoms with Crippen molar-refractivity contribution in [2.75, 3.05) is 4.90 Å². The van der Waals surface area contributed by atoms with Gasteiger partial charge in [0.25, 0.3) is 0 Å². The lowest BCUT2D eigenvalue weighted by molar-refractivity contribution is 0.669. The molecule has 0 aliphatic rings. The summed E-state index contributed by atoms with van der Waals surface area (Å²) < 4.78 is 8.81. The molecule has 0 radical (unpaired) electrons. The summed E-state index contributed by atoms with van der Waals surface area (Å²) in [6, 6.07) is 73.2. The summed E-state index contributed by atoms with van der Waals surface area (Å²) >= 11 is 0. The number of benzene rings is 10. The first-order valence-electron chi connectivity index (χ1n) is 20.7. The van der Waals surface area contributed by atoms with Gasteiger partial charge in [-0.15, -0.1) is 0 Å². The average Bonchev–Trinajstić information content (AvgIpc) is 3.87. The van der Waals surface area contributed by atoms with Gasteiger partial charge in [0.15, 0.2) is 0 Å². The molecule has 0 bridgehead atoms. The lowest BCUT2D eigenvalue weighted by Crippen LogP contribution is -2.10. The van der Waals surface area contributed by atoms with E-state index in [1.807, 2.05) is 12.1 Å². The third-order valence-electron chi connectivity index (χ3n) is 12.3. The third-order valence-corrected chi connectivity index (χ3v) is 12.3. The molecule has 3 heterocycles. The normalized spacial score (nSPS) is 11.9. The number of hydrogen-bond acceptors (Lipinski definition) is 4. The topological polar surface area (TPSA) is 47.1 Å². The quantitative estimate of drug-likeness (QED) is 0.175. The van der Waals surface area contributed by atoms with Crippen molar-refractivity contribution in [2.45, 2.75) is 0 Å². The van der Waals surface area contributed by atoms with Crippen LogP contribution < -0.4 is 4.90 Å². The zero-order valence-corrected chi connectivity index (χ0v) is 32.8. The Kier molecular flexibility index (Phi) is 7.24. The van der Waals surface area contributed by atoms with Gasteiger partial charge in [-0.3, -0.25) is 4.57 Å². The molecule has 3 aromatic heterocycles. The number of furan rings is 1. The third kappa shape index (κ3) is 5.14. The lowest BCUT2D eigenvalue weighted by Gasteiger charge is -2.26. The van der Waals surface area contributed by atoms with Crippen molar-refractivity contribution >= 4 is 104 Å². The van der Waals surface area contributed by atoms with E-state index in [-0.39, 0.29) is 0 Å². The summed E-state index contributed by atoms with van der Waals surface area (Å²) in [5.74, 6) is 0.611. The number of anilines is 3. The minimum absolute atomic E-state index is 0.611. The van der Waals surface area contributed by atoms with Crippen LogP contribution in [0.3, 0.4) is 0 Å². The summed E-state index contributed by atoms with van der Waals surface area (Å²) in [5, 5.41) is 12.5. The van der Waals surface area contributed by atoms with Gasteiger partial charge in [0, 0.05) is 49.6 Å². The van der Waals surface area contributed by atoms with Crippen LogP contribution >= 0.6 is 0 Å². The van der Waals surface area contributed by atoms with E-state index in [1.165, 1.54) is 21.5 Å². The number of para-hydroxylation sites is 3. The standard InChI is InChI=1S/C56H34N4O/c1-2-17-38(18-3-1)59(39-28-26-35-14-4-5-16-37(35)32-39)40-29-31-49-47(33-40)53-41-19-7-6-15-36(41)27-30-50(53)60(49)56-57-48-24-12-10-22-44(48)55(58-56)46-34-52-54(43-21-9-8-20-42(43)46)45-23-11-13-25-51(45)61-52/h1-34H. The molecule has 13 rings (SSSR count). The van der Waals surface area contributed by atoms with Crippen LogP contribution in [-0.2, 0) is 0 Å². The Morgan fingerprint density at radius 2 is 1.02 bits per heavy atom. The SMILES string of the molecule is c1ccc(N(c2ccc3ccccc3c2)c2ccc3c(c2)c2c4ccccc4ccc2n3-c2nc(-c3cc4oc5ccccc5c4c4ccccc34)c3ccccc3n2)cc1. The Morgan fingerprint density at radius 3 is 1.89 bits per heavy atom. The zero-order valence-electron chi connectivity index (χ0n) is 32.8. The van der Waals surface area contributed by atoms with E-state index in [4.69, 9.17) is 14.4 Å². The number of nitrogens with zero attached hydrogens (tertiary/aromatic N) is 4. The highest BCUT2D eigenvalue weighted by Crippen LogP contribution is 2.44. The maximum absolute atomic E-state index is 6.56. The molecule has 0 aliphatic carbocycles. The number of fused-ring (bicyclic) bond motifs is 12. The smallest absolute Gasteiger partial charge is 0.235 e. The molecule has 61 heavy (non-hydrogen) atoms. The molecule has 13 aromatic rings. The van der Waals surface area contributed by atoms with Crippen molar-refractivity contribution in [3.05, 3.63) is 206 Å². The highest BCUT2D eigenvalue weighted by molar-refractivity contribution is 6.24. The van der Waals surface area contributed by atoms with Crippen molar-refractivity contribution in [2.24, 2.45) is 0 Å². The van der Waals surface area contributed by atoms with Crippen molar-refractivity contribution in [3.63, 3.8) is 0 Å². The van der Waals surface area contributed by atoms with Crippen molar-refractivity contribution < 1.29 is 4.42 Å². The first-order valence-corrected chi connectivity index (χ1v) is 20.7. The maximum Gasteiger partial charge on any atom is 0.235 e. The predicted octanol–water partition coefficient (Wildman–Crippen LogP) is 15.2. The molecule has 284 valence electrons. The van der Waals surface area contributed by atoms with Crippen molar-refractivity contribution in [1.29, 1.82) is 0 Å². The molecular formula is C56H34N4O. The largest absolute Gasteiger partial charge is 0.456 e. The van der Waals surface area contributed by atoms with E-state index >= 15 is 0 Å². The van der Waals surface area contributed by atoms with Crippen LogP contribution in [0.2, 0.25) is 0 Å². The van der Waals surface area contributed by atoms with Gasteiger partial charge in [-0.1, -0.05) is 140 Å². The molecule has 0 unspecified atom stereocenters. The van der Waals surface area contributed by atoms with Gasteiger partial charge < -0.3 is 9.32 Å². The van der Waals surface area contributed by atoms with Crippen LogP contribution in [0.4, 0.5) is 17.1 Å². The van der Waals surface area contributed by atoms with Gasteiger partial charge in [-0.25, -0.2) is 9.97 Å². The van der Waals surface area contributed by atoms with E-state index in [0.29, 0.717) is 5.95 Å². The van der Waals surface area contributed by atoms with E-state index in [1.54, 1.807) is 0 Å². The first-order chi connectivity index (χ1) is 30.2. The van der Waals surface area contributed by atoms with E-state index in [0.717, 1.165) is 93.7 Å². The number of aromatic nitrogens is 3. The number of hydrogen-bond donors (Lipinski definition) is 0. The Morgan fingerprint density at radius 1 is 0.377 bits per heavy atom. The molecule has 0 saturated heterocycles. The summed E-state index contributed by atoms with van der Waals surface area (Å²) in [6.45, 7) is 0. The van der Waals surface area contributed by atoms with Gasteiger partial charge in [-0.05, 0) is 99.0 Å². The average molecular weight is 779 g/mol. The van der Waals surface area contributed by atoms with Crippen LogP contribution in [0.5, 0.6) is 0 Å². The Bertz CT molecular complexity index is 3900. The minimum Gasteiger partial charge on any atom is -0.456 e. The molecule has 0 atom stereocenters. The molecule has 0 fully saturated rings. The fourth-order valence-electron chi connectivity index (χ4n) is 9.63. The molecule has 0 N–H and O–H groups in total. The fraction of sp³-hybridized carbons (Fsp3) is 0. The Labute approximate surface area is 350 Å². The van der Waals surface area contributed by atoms with E-state index < -0.39 is 0 Å². The van der Waals surface area contributed by atoms with Gasteiger partial charge in [0.1, 0.15) is 11.2 Å². The second-order valence-corrected chi connectivity index (χ2v) is 15.8. The van der Waals surface area contributed by atoms with Gasteiger partial charge >= 0.3 is 0 Å². The summed E-state index contributed by atoms with van der Waals surface area (Å²) in [7, 11) is 0. The molecule has 0 saturated carbocycles. The Hall–Kier alpha value is -8.28. The van der Waals surface area contributed by atoms with Gasteiger partial charge in [0.05, 0.1) is 22.2 Å². The summed E-state index contributed by atoms with van der Waals surface area (Å²) in [6.07, 6.45) is 0. The highest BCUT2D eigenvalue weighted by atomic mass is 16.3. The second-order valence-electron chi connectivity index (χ2n) is 15.8. The lowest BCUT2D eigenvalue weighted by atomic mass is 9.96. The molecule has 5 heteroatoms. The van der Waals surface area contributed by atoms with Crippen LogP contribution in [0.15, 0.2) is 211 Å². The maximum atomic E-state index is 6.56. The van der Waals surface area contributed by atoms with Crippen LogP contribution in [0, 0.1) is 0 Å². The minimum atomic E-state index is 0.611. The summed E-state index contributed by atoms with van der Waals surface area (Å²) in [5.41, 5.74) is 9.75. The summed E-state index contributed by atoms with van der Waals surface area (Å²) in [4.78, 5) is 13.3. The highest BCUT2D eigenvalue weighted by Gasteiger charge is 2.23. The molecule has 5 nitrogen and oxygen atoms in total. The molecule has 10 aromatic carbocycles. The Balaban J connectivity index is 1.09. The second kappa shape index (κ2) is 13.1. The van der Waals surface area contributed by atoms with Gasteiger partial charge in [0.2, 0.25) is 5.95 Å². The molecule has 0 spiro atoms. The zero-order chi connectivity index (χ0) is 40.0. The predicted molar refractivity (Wildman–Crippen MR) is 254 cm³/mol. The van der Waals surface area contributed by atoms with E-state index in [9.17, 15) is 0 Å². The number of rotatable bonds is 5. The van der Waals surface area contributed by atoms with E-state index in [2.05, 4.69) is 204 Å². The monoisotopic (exact) mass is 778 g/mol. The van der Waals surface area contributed by atoms with Crippen LogP contribution in [-0.4, -0.2) is 14.5 Å². The van der Waals surface area contributed by atoms with Crippen molar-refractivity contribution in [3.8, 4) is 17.2 Å². The van der Waals surface area contributed by atoms with Crippen LogP contribution in [0.25, 0.3) is 104 Å². The van der Waals surface area contributed by atoms with Crippen molar-refractivity contribution in [1.82, 2.24) is 14.5 Å².